The molecule has 2 rings (SSSR count). The number of amides is 1. The fourth-order valence-electron chi connectivity index (χ4n) is 2.14. The fraction of sp³-hybridized carbons (Fsp3) is 0.909. The summed E-state index contributed by atoms with van der Waals surface area (Å²) < 4.78 is 5.47. The lowest BCUT2D eigenvalue weighted by molar-refractivity contribution is -0.126. The summed E-state index contributed by atoms with van der Waals surface area (Å²) in [6, 6.07) is 0. The molecule has 0 spiro atoms. The lowest BCUT2D eigenvalue weighted by atomic mass is 9.95. The molecule has 4 nitrogen and oxygen atoms in total. The van der Waals surface area contributed by atoms with Gasteiger partial charge < -0.3 is 15.4 Å². The van der Waals surface area contributed by atoms with E-state index < -0.39 is 0 Å². The molecule has 2 saturated heterocycles. The van der Waals surface area contributed by atoms with E-state index in [1.54, 1.807) is 0 Å². The van der Waals surface area contributed by atoms with Crippen molar-refractivity contribution in [1.82, 2.24) is 10.6 Å². The first-order valence-electron chi connectivity index (χ1n) is 5.85. The average Bonchev–Trinajstić information content (AvgIpc) is 2.12. The van der Waals surface area contributed by atoms with Gasteiger partial charge in [0.25, 0.3) is 0 Å². The molecule has 0 radical (unpaired) electrons. The van der Waals surface area contributed by atoms with E-state index in [1.165, 1.54) is 0 Å². The van der Waals surface area contributed by atoms with Gasteiger partial charge in [-0.25, -0.2) is 0 Å². The van der Waals surface area contributed by atoms with Crippen LogP contribution in [-0.2, 0) is 9.53 Å². The van der Waals surface area contributed by atoms with Gasteiger partial charge in [-0.1, -0.05) is 0 Å². The van der Waals surface area contributed by atoms with Crippen LogP contribution in [0.25, 0.3) is 0 Å². The second kappa shape index (κ2) is 4.94. The molecule has 2 N–H and O–H groups in total. The summed E-state index contributed by atoms with van der Waals surface area (Å²) in [5, 5.41) is 6.15. The van der Waals surface area contributed by atoms with E-state index in [-0.39, 0.29) is 11.8 Å². The van der Waals surface area contributed by atoms with Gasteiger partial charge in [-0.2, -0.15) is 0 Å². The first-order chi connectivity index (χ1) is 7.25. The molecule has 2 aliphatic heterocycles. The molecule has 0 aliphatic carbocycles. The van der Waals surface area contributed by atoms with E-state index in [4.69, 9.17) is 4.74 Å². The number of carbonyl (C=O) groups excluding carboxylic acids is 1. The third kappa shape index (κ3) is 2.92. The van der Waals surface area contributed by atoms with Gasteiger partial charge in [0.15, 0.2) is 0 Å². The van der Waals surface area contributed by atoms with E-state index in [0.29, 0.717) is 12.0 Å². The summed E-state index contributed by atoms with van der Waals surface area (Å²) in [4.78, 5) is 11.6. The Morgan fingerprint density at radius 1 is 1.53 bits per heavy atom. The van der Waals surface area contributed by atoms with Gasteiger partial charge in [-0.15, -0.1) is 0 Å². The van der Waals surface area contributed by atoms with Crippen molar-refractivity contribution < 1.29 is 9.53 Å². The molecule has 0 saturated carbocycles. The molecule has 86 valence electrons. The fourth-order valence-corrected chi connectivity index (χ4v) is 2.14. The van der Waals surface area contributed by atoms with Crippen molar-refractivity contribution in [1.29, 1.82) is 0 Å². The van der Waals surface area contributed by atoms with E-state index in [0.717, 1.165) is 39.1 Å². The summed E-state index contributed by atoms with van der Waals surface area (Å²) in [5.74, 6) is 1.03. The van der Waals surface area contributed by atoms with Crippen LogP contribution in [0, 0.1) is 11.8 Å². The monoisotopic (exact) mass is 212 g/mol. The molecule has 0 aromatic heterocycles. The standard InChI is InChI=1S/C11H20N2O2/c1-8-4-9(2-3-15-8)5-13-11(14)10-6-12-7-10/h8-10,12H,2-7H2,1H3,(H,13,14). The van der Waals surface area contributed by atoms with Gasteiger partial charge in [0, 0.05) is 26.2 Å². The second-order valence-corrected chi connectivity index (χ2v) is 4.67. The molecular weight excluding hydrogens is 192 g/mol. The van der Waals surface area contributed by atoms with Gasteiger partial charge in [-0.05, 0) is 25.7 Å². The topological polar surface area (TPSA) is 50.4 Å². The van der Waals surface area contributed by atoms with Crippen LogP contribution < -0.4 is 10.6 Å². The summed E-state index contributed by atoms with van der Waals surface area (Å²) in [6.45, 7) is 5.45. The van der Waals surface area contributed by atoms with Gasteiger partial charge in [0.05, 0.1) is 12.0 Å². The van der Waals surface area contributed by atoms with Gasteiger partial charge in [0.2, 0.25) is 5.91 Å². The number of hydrogen-bond donors (Lipinski definition) is 2. The molecular formula is C11H20N2O2. The van der Waals surface area contributed by atoms with Crippen LogP contribution in [0.1, 0.15) is 19.8 Å². The first-order valence-corrected chi connectivity index (χ1v) is 5.85. The summed E-state index contributed by atoms with van der Waals surface area (Å²) in [7, 11) is 0. The maximum atomic E-state index is 11.6. The maximum absolute atomic E-state index is 11.6. The highest BCUT2D eigenvalue weighted by atomic mass is 16.5. The molecule has 4 heteroatoms. The van der Waals surface area contributed by atoms with Crippen molar-refractivity contribution in [2.75, 3.05) is 26.2 Å². The molecule has 2 aliphatic rings. The Labute approximate surface area is 90.8 Å². The molecule has 0 aromatic carbocycles. The lowest BCUT2D eigenvalue weighted by Gasteiger charge is -2.30. The first kappa shape index (κ1) is 10.9. The van der Waals surface area contributed by atoms with E-state index in [9.17, 15) is 4.79 Å². The summed E-state index contributed by atoms with van der Waals surface area (Å²) >= 11 is 0. The highest BCUT2D eigenvalue weighted by molar-refractivity contribution is 5.79. The predicted octanol–water partition coefficient (Wildman–Crippen LogP) is 0.137. The number of ether oxygens (including phenoxy) is 1. The van der Waals surface area contributed by atoms with Crippen LogP contribution in [0.3, 0.4) is 0 Å². The Balaban J connectivity index is 1.65. The number of nitrogens with one attached hydrogen (secondary N) is 2. The predicted molar refractivity (Wildman–Crippen MR) is 57.5 cm³/mol. The highest BCUT2D eigenvalue weighted by Crippen LogP contribution is 2.19. The third-order valence-corrected chi connectivity index (χ3v) is 3.31. The minimum Gasteiger partial charge on any atom is -0.378 e. The van der Waals surface area contributed by atoms with E-state index in [1.807, 2.05) is 0 Å². The van der Waals surface area contributed by atoms with E-state index >= 15 is 0 Å². The van der Waals surface area contributed by atoms with Crippen molar-refractivity contribution in [3.63, 3.8) is 0 Å². The summed E-state index contributed by atoms with van der Waals surface area (Å²) in [5.41, 5.74) is 0. The van der Waals surface area contributed by atoms with Crippen molar-refractivity contribution in [3.8, 4) is 0 Å². The van der Waals surface area contributed by atoms with Crippen LogP contribution in [0.2, 0.25) is 0 Å². The number of hydrogen-bond acceptors (Lipinski definition) is 3. The van der Waals surface area contributed by atoms with Crippen molar-refractivity contribution >= 4 is 5.91 Å². The normalized spacial score (nSPS) is 32.1. The Morgan fingerprint density at radius 2 is 2.33 bits per heavy atom. The van der Waals surface area contributed by atoms with Crippen molar-refractivity contribution in [2.24, 2.45) is 11.8 Å². The number of rotatable bonds is 3. The second-order valence-electron chi connectivity index (χ2n) is 4.67. The molecule has 2 atom stereocenters. The van der Waals surface area contributed by atoms with Crippen LogP contribution in [0.15, 0.2) is 0 Å². The summed E-state index contributed by atoms with van der Waals surface area (Å²) in [6.07, 6.45) is 2.50. The molecule has 15 heavy (non-hydrogen) atoms. The largest absolute Gasteiger partial charge is 0.378 e. The highest BCUT2D eigenvalue weighted by Gasteiger charge is 2.26. The Hall–Kier alpha value is -0.610. The molecule has 1 amide bonds. The average molecular weight is 212 g/mol. The van der Waals surface area contributed by atoms with Crippen LogP contribution in [-0.4, -0.2) is 38.3 Å². The number of carbonyl (C=O) groups is 1. The Kier molecular flexibility index (Phi) is 3.59. The van der Waals surface area contributed by atoms with Gasteiger partial charge in [-0.3, -0.25) is 4.79 Å². The quantitative estimate of drug-likeness (QED) is 0.699. The van der Waals surface area contributed by atoms with Gasteiger partial charge >= 0.3 is 0 Å². The van der Waals surface area contributed by atoms with Crippen molar-refractivity contribution in [2.45, 2.75) is 25.9 Å². The maximum Gasteiger partial charge on any atom is 0.225 e. The Bertz CT molecular complexity index is 229. The molecule has 0 aromatic rings. The minimum absolute atomic E-state index is 0.210. The van der Waals surface area contributed by atoms with Crippen LogP contribution >= 0.6 is 0 Å². The minimum atomic E-state index is 0.210. The van der Waals surface area contributed by atoms with Crippen molar-refractivity contribution in [3.05, 3.63) is 0 Å². The molecule has 2 heterocycles. The zero-order valence-corrected chi connectivity index (χ0v) is 9.29. The lowest BCUT2D eigenvalue weighted by Crippen LogP contribution is -2.51. The van der Waals surface area contributed by atoms with Crippen LogP contribution in [0.4, 0.5) is 0 Å². The Morgan fingerprint density at radius 3 is 2.93 bits per heavy atom. The smallest absolute Gasteiger partial charge is 0.225 e. The van der Waals surface area contributed by atoms with Crippen LogP contribution in [0.5, 0.6) is 0 Å². The zero-order valence-electron chi connectivity index (χ0n) is 9.29. The van der Waals surface area contributed by atoms with Gasteiger partial charge in [0.1, 0.15) is 0 Å². The SMILES string of the molecule is CC1CC(CNC(=O)C2CNC2)CCO1. The third-order valence-electron chi connectivity index (χ3n) is 3.31. The van der Waals surface area contributed by atoms with E-state index in [2.05, 4.69) is 17.6 Å². The molecule has 2 unspecified atom stereocenters. The molecule has 2 fully saturated rings. The molecule has 0 bridgehead atoms. The zero-order chi connectivity index (χ0) is 10.7.